The van der Waals surface area contributed by atoms with Gasteiger partial charge in [0.05, 0.1) is 23.0 Å². The van der Waals surface area contributed by atoms with Crippen molar-refractivity contribution in [2.24, 2.45) is 0 Å². The quantitative estimate of drug-likeness (QED) is 0.385. The second-order valence-electron chi connectivity index (χ2n) is 6.84. The van der Waals surface area contributed by atoms with Crippen molar-refractivity contribution in [2.45, 2.75) is 6.92 Å². The van der Waals surface area contributed by atoms with Crippen LogP contribution in [0.1, 0.15) is 5.56 Å². The van der Waals surface area contributed by atoms with Gasteiger partial charge in [-0.1, -0.05) is 28.9 Å². The molecule has 142 valence electrons. The van der Waals surface area contributed by atoms with Crippen molar-refractivity contribution in [3.63, 3.8) is 0 Å². The van der Waals surface area contributed by atoms with Crippen LogP contribution in [0.3, 0.4) is 0 Å². The largest absolute Gasteiger partial charge is 0.355 e. The molecule has 6 heteroatoms. The molecule has 0 aliphatic rings. The van der Waals surface area contributed by atoms with Gasteiger partial charge in [-0.3, -0.25) is 0 Å². The Bertz CT molecular complexity index is 1340. The van der Waals surface area contributed by atoms with Crippen molar-refractivity contribution in [3.8, 4) is 28.3 Å². The highest BCUT2D eigenvalue weighted by atomic mass is 19.2. The van der Waals surface area contributed by atoms with Crippen LogP contribution in [-0.2, 0) is 0 Å². The zero-order chi connectivity index (χ0) is 20.0. The van der Waals surface area contributed by atoms with Gasteiger partial charge in [-0.2, -0.15) is 5.10 Å². The van der Waals surface area contributed by atoms with Gasteiger partial charge in [-0.15, -0.1) is 0 Å². The molecule has 2 aromatic heterocycles. The second-order valence-corrected chi connectivity index (χ2v) is 6.84. The minimum atomic E-state index is -0.930. The van der Waals surface area contributed by atoms with Gasteiger partial charge in [-0.05, 0) is 55.5 Å². The predicted octanol–water partition coefficient (Wildman–Crippen LogP) is 5.93. The fraction of sp³-hybridized carbons (Fsp3) is 0.0435. The monoisotopic (exact) mass is 387 g/mol. The lowest BCUT2D eigenvalue weighted by Crippen LogP contribution is -1.98. The first-order valence-electron chi connectivity index (χ1n) is 9.06. The lowest BCUT2D eigenvalue weighted by Gasteiger charge is -2.08. The maximum Gasteiger partial charge on any atom is 0.174 e. The highest BCUT2D eigenvalue weighted by Gasteiger charge is 2.15. The van der Waals surface area contributed by atoms with Crippen LogP contribution in [0.4, 0.5) is 8.78 Å². The number of rotatable bonds is 3. The third-order valence-electron chi connectivity index (χ3n) is 4.88. The van der Waals surface area contributed by atoms with Gasteiger partial charge in [0.2, 0.25) is 0 Å². The Morgan fingerprint density at radius 2 is 1.62 bits per heavy atom. The van der Waals surface area contributed by atoms with Crippen molar-refractivity contribution in [2.75, 3.05) is 0 Å². The van der Waals surface area contributed by atoms with Crippen LogP contribution in [0.5, 0.6) is 0 Å². The number of hydrogen-bond donors (Lipinski definition) is 0. The Labute approximate surface area is 165 Å². The molecule has 0 aliphatic heterocycles. The maximum absolute atomic E-state index is 13.7. The van der Waals surface area contributed by atoms with E-state index in [1.807, 2.05) is 60.1 Å². The Kier molecular flexibility index (Phi) is 3.98. The van der Waals surface area contributed by atoms with Crippen LogP contribution in [0, 0.1) is 18.6 Å². The summed E-state index contributed by atoms with van der Waals surface area (Å²) in [5.41, 5.74) is 4.98. The Morgan fingerprint density at radius 3 is 2.41 bits per heavy atom. The molecule has 0 saturated heterocycles. The molecule has 5 aromatic rings. The minimum Gasteiger partial charge on any atom is -0.355 e. The molecule has 5 rings (SSSR count). The van der Waals surface area contributed by atoms with E-state index in [4.69, 9.17) is 4.52 Å². The van der Waals surface area contributed by atoms with Crippen molar-refractivity contribution >= 4 is 10.9 Å². The zero-order valence-electron chi connectivity index (χ0n) is 15.4. The number of benzene rings is 3. The summed E-state index contributed by atoms with van der Waals surface area (Å²) in [7, 11) is 0. The van der Waals surface area contributed by atoms with Crippen molar-refractivity contribution < 1.29 is 13.3 Å². The third kappa shape index (κ3) is 2.99. The lowest BCUT2D eigenvalue weighted by molar-refractivity contribution is 0.440. The number of hydrogen-bond acceptors (Lipinski definition) is 3. The number of halogens is 2. The van der Waals surface area contributed by atoms with Gasteiger partial charge in [-0.25, -0.2) is 13.5 Å². The molecule has 0 unspecified atom stereocenters. The second kappa shape index (κ2) is 6.67. The summed E-state index contributed by atoms with van der Waals surface area (Å²) in [6.07, 6.45) is 1.74. The first-order chi connectivity index (χ1) is 14.1. The number of nitrogens with zero attached hydrogens (tertiary/aromatic N) is 3. The van der Waals surface area contributed by atoms with Gasteiger partial charge < -0.3 is 4.52 Å². The summed E-state index contributed by atoms with van der Waals surface area (Å²) >= 11 is 0. The van der Waals surface area contributed by atoms with E-state index in [9.17, 15) is 8.78 Å². The van der Waals surface area contributed by atoms with Crippen LogP contribution in [0.15, 0.2) is 77.4 Å². The highest BCUT2D eigenvalue weighted by molar-refractivity contribution is 5.94. The molecule has 0 amide bonds. The van der Waals surface area contributed by atoms with Crippen LogP contribution < -0.4 is 0 Å². The third-order valence-corrected chi connectivity index (χ3v) is 4.88. The fourth-order valence-corrected chi connectivity index (χ4v) is 3.36. The van der Waals surface area contributed by atoms with Gasteiger partial charge >= 0.3 is 0 Å². The Hall–Kier alpha value is -3.80. The van der Waals surface area contributed by atoms with Crippen molar-refractivity contribution in [3.05, 3.63) is 90.1 Å². The first kappa shape index (κ1) is 17.3. The van der Waals surface area contributed by atoms with Crippen LogP contribution in [0.25, 0.3) is 39.2 Å². The van der Waals surface area contributed by atoms with Crippen LogP contribution in [0.2, 0.25) is 0 Å². The van der Waals surface area contributed by atoms with E-state index in [1.165, 1.54) is 11.6 Å². The van der Waals surface area contributed by atoms with E-state index in [-0.39, 0.29) is 0 Å². The van der Waals surface area contributed by atoms with Gasteiger partial charge in [0.1, 0.15) is 5.52 Å². The van der Waals surface area contributed by atoms with E-state index >= 15 is 0 Å². The molecule has 0 atom stereocenters. The summed E-state index contributed by atoms with van der Waals surface area (Å²) in [5, 5.41) is 9.21. The Morgan fingerprint density at radius 1 is 0.828 bits per heavy atom. The van der Waals surface area contributed by atoms with Gasteiger partial charge in [0.15, 0.2) is 17.4 Å². The zero-order valence-corrected chi connectivity index (χ0v) is 15.4. The summed E-state index contributed by atoms with van der Waals surface area (Å²) in [6, 6.07) is 19.4. The van der Waals surface area contributed by atoms with Crippen molar-refractivity contribution in [1.29, 1.82) is 0 Å². The van der Waals surface area contributed by atoms with Crippen LogP contribution >= 0.6 is 0 Å². The summed E-state index contributed by atoms with van der Waals surface area (Å²) in [6.45, 7) is 2.04. The van der Waals surface area contributed by atoms with E-state index in [1.54, 1.807) is 6.20 Å². The van der Waals surface area contributed by atoms with E-state index in [0.717, 1.165) is 29.1 Å². The van der Waals surface area contributed by atoms with E-state index in [0.29, 0.717) is 22.2 Å². The number of aromatic nitrogens is 3. The average molecular weight is 387 g/mol. The smallest absolute Gasteiger partial charge is 0.174 e. The normalized spacial score (nSPS) is 11.3. The Balaban J connectivity index is 1.64. The standard InChI is InChI=1S/C23H15F2N3O/c1-14-2-6-17(7-3-14)28-22(10-11-26-28)15-5-9-21-18(12-15)23(29-27-21)16-4-8-19(24)20(25)13-16/h2-13H,1H3. The maximum atomic E-state index is 13.7. The molecule has 0 radical (unpaired) electrons. The molecule has 0 aliphatic carbocycles. The molecule has 0 bridgehead atoms. The van der Waals surface area contributed by atoms with E-state index < -0.39 is 11.6 Å². The molecule has 2 heterocycles. The molecule has 0 N–H and O–H groups in total. The number of aryl methyl sites for hydroxylation is 1. The molecule has 29 heavy (non-hydrogen) atoms. The summed E-state index contributed by atoms with van der Waals surface area (Å²) in [4.78, 5) is 0. The van der Waals surface area contributed by atoms with Gasteiger partial charge in [0.25, 0.3) is 0 Å². The summed E-state index contributed by atoms with van der Waals surface area (Å²) in [5.74, 6) is -1.44. The summed E-state index contributed by atoms with van der Waals surface area (Å²) < 4.78 is 34.3. The predicted molar refractivity (Wildman–Crippen MR) is 107 cm³/mol. The molecular weight excluding hydrogens is 372 g/mol. The topological polar surface area (TPSA) is 43.9 Å². The molecule has 0 spiro atoms. The van der Waals surface area contributed by atoms with E-state index in [2.05, 4.69) is 10.3 Å². The first-order valence-corrected chi connectivity index (χ1v) is 9.06. The molecule has 0 saturated carbocycles. The van der Waals surface area contributed by atoms with Gasteiger partial charge in [0, 0.05) is 11.1 Å². The fourth-order valence-electron chi connectivity index (χ4n) is 3.36. The molecule has 4 nitrogen and oxygen atoms in total. The molecule has 3 aromatic carbocycles. The average Bonchev–Trinajstić information content (AvgIpc) is 3.37. The lowest BCUT2D eigenvalue weighted by atomic mass is 10.0. The minimum absolute atomic E-state index is 0.391. The SMILES string of the molecule is Cc1ccc(-n2nccc2-c2ccc3noc(-c4ccc(F)c(F)c4)c3c2)cc1. The van der Waals surface area contributed by atoms with Crippen LogP contribution in [-0.4, -0.2) is 14.9 Å². The van der Waals surface area contributed by atoms with Crippen molar-refractivity contribution in [1.82, 2.24) is 14.9 Å². The highest BCUT2D eigenvalue weighted by Crippen LogP contribution is 2.33. The molecule has 0 fully saturated rings. The molecular formula is C23H15F2N3O. The number of fused-ring (bicyclic) bond motifs is 1.